The lowest BCUT2D eigenvalue weighted by atomic mass is 10.0. The molecule has 1 amide bonds. The third kappa shape index (κ3) is 4.23. The van der Waals surface area contributed by atoms with Gasteiger partial charge in [-0.25, -0.2) is 0 Å². The van der Waals surface area contributed by atoms with Gasteiger partial charge in [0.05, 0.1) is 4.88 Å². The van der Waals surface area contributed by atoms with Crippen LogP contribution >= 0.6 is 11.3 Å². The second-order valence-electron chi connectivity index (χ2n) is 6.08. The molecule has 7 heteroatoms. The first-order valence-electron chi connectivity index (χ1n) is 8.51. The molecule has 0 atom stereocenters. The molecule has 6 nitrogen and oxygen atoms in total. The predicted molar refractivity (Wildman–Crippen MR) is 95.2 cm³/mol. The summed E-state index contributed by atoms with van der Waals surface area (Å²) < 4.78 is 5.40. The van der Waals surface area contributed by atoms with E-state index >= 15 is 0 Å². The molecule has 130 valence electrons. The summed E-state index contributed by atoms with van der Waals surface area (Å²) in [5.74, 6) is 0.179. The van der Waals surface area contributed by atoms with E-state index in [1.165, 1.54) is 6.42 Å². The number of carbonyl (C=O) groups excluding carboxylic acids is 1. The molecule has 1 aliphatic rings. The fraction of sp³-hybridized carbons (Fsp3) is 0.529. The molecule has 0 radical (unpaired) electrons. The molecule has 1 fully saturated rings. The smallest absolute Gasteiger partial charge is 0.271 e. The Kier molecular flexibility index (Phi) is 6.01. The van der Waals surface area contributed by atoms with E-state index in [0.717, 1.165) is 62.4 Å². The number of nitrogens with two attached hydrogens (primary N) is 1. The topological polar surface area (TPSA) is 84.4 Å². The molecule has 3 heterocycles. The minimum absolute atomic E-state index is 0.278. The third-order valence-electron chi connectivity index (χ3n) is 4.38. The number of piperazine rings is 1. The zero-order valence-electron chi connectivity index (χ0n) is 13.8. The van der Waals surface area contributed by atoms with Gasteiger partial charge in [-0.05, 0) is 37.3 Å². The van der Waals surface area contributed by atoms with E-state index in [2.05, 4.69) is 15.4 Å². The van der Waals surface area contributed by atoms with Gasteiger partial charge >= 0.3 is 0 Å². The van der Waals surface area contributed by atoms with E-state index < -0.39 is 5.91 Å². The summed E-state index contributed by atoms with van der Waals surface area (Å²) in [6, 6.07) is 3.94. The lowest BCUT2D eigenvalue weighted by molar-refractivity contribution is 0.0991. The first kappa shape index (κ1) is 17.1. The van der Waals surface area contributed by atoms with Gasteiger partial charge in [-0.2, -0.15) is 0 Å². The second kappa shape index (κ2) is 8.41. The third-order valence-corrected chi connectivity index (χ3v) is 5.25. The average molecular weight is 348 g/mol. The normalized spacial score (nSPS) is 15.7. The van der Waals surface area contributed by atoms with Crippen molar-refractivity contribution in [3.63, 3.8) is 0 Å². The predicted octanol–water partition coefficient (Wildman–Crippen LogP) is 2.12. The summed E-state index contributed by atoms with van der Waals surface area (Å²) in [4.78, 5) is 15.1. The summed E-state index contributed by atoms with van der Waals surface area (Å²) in [6.45, 7) is 5.60. The molecule has 2 aromatic rings. The molecule has 0 unspecified atom stereocenters. The van der Waals surface area contributed by atoms with Gasteiger partial charge in [-0.3, -0.25) is 4.79 Å². The Morgan fingerprint density at radius 1 is 1.33 bits per heavy atom. The summed E-state index contributed by atoms with van der Waals surface area (Å²) in [6.07, 6.45) is 4.07. The van der Waals surface area contributed by atoms with Gasteiger partial charge in [0.15, 0.2) is 11.5 Å². The van der Waals surface area contributed by atoms with E-state index in [1.807, 2.05) is 17.5 Å². The Bertz CT molecular complexity index is 648. The maximum atomic E-state index is 11.6. The van der Waals surface area contributed by atoms with Crippen LogP contribution in [-0.4, -0.2) is 48.7 Å². The van der Waals surface area contributed by atoms with Gasteiger partial charge in [-0.1, -0.05) is 17.6 Å². The fourth-order valence-corrected chi connectivity index (χ4v) is 3.81. The Labute approximate surface area is 146 Å². The van der Waals surface area contributed by atoms with Crippen LogP contribution in [0.5, 0.6) is 0 Å². The molecule has 0 saturated carbocycles. The lowest BCUT2D eigenvalue weighted by Crippen LogP contribution is -2.43. The highest BCUT2D eigenvalue weighted by atomic mass is 32.1. The Morgan fingerprint density at radius 3 is 2.88 bits per heavy atom. The number of unbranched alkanes of at least 4 members (excludes halogenated alkanes) is 2. The minimum Gasteiger partial charge on any atom is -0.364 e. The van der Waals surface area contributed by atoms with Gasteiger partial charge in [0, 0.05) is 31.7 Å². The van der Waals surface area contributed by atoms with Crippen LogP contribution in [0.15, 0.2) is 22.0 Å². The molecule has 24 heavy (non-hydrogen) atoms. The number of thiophene rings is 1. The number of primary amides is 1. The van der Waals surface area contributed by atoms with E-state index in [1.54, 1.807) is 11.3 Å². The van der Waals surface area contributed by atoms with Crippen molar-refractivity contribution in [2.24, 2.45) is 5.73 Å². The summed E-state index contributed by atoms with van der Waals surface area (Å²) >= 11 is 1.58. The van der Waals surface area contributed by atoms with Crippen LogP contribution in [0.1, 0.15) is 35.3 Å². The number of rotatable bonds is 8. The van der Waals surface area contributed by atoms with Crippen LogP contribution in [-0.2, 0) is 6.42 Å². The standard InChI is InChI=1S/C17H24N4O2S/c18-17(22)15-13(16(23-20-15)14-6-4-12-24-14)5-2-1-3-9-21-10-7-19-8-11-21/h4,6,12,19H,1-3,5,7-11H2,(H2,18,22). The van der Waals surface area contributed by atoms with Crippen molar-refractivity contribution in [3.8, 4) is 10.6 Å². The van der Waals surface area contributed by atoms with E-state index in [9.17, 15) is 4.79 Å². The summed E-state index contributed by atoms with van der Waals surface area (Å²) in [7, 11) is 0. The summed E-state index contributed by atoms with van der Waals surface area (Å²) in [5.41, 5.74) is 6.57. The van der Waals surface area contributed by atoms with Gasteiger partial charge in [0.2, 0.25) is 0 Å². The molecule has 0 spiro atoms. The molecule has 0 aromatic carbocycles. The van der Waals surface area contributed by atoms with Crippen molar-refractivity contribution in [1.82, 2.24) is 15.4 Å². The van der Waals surface area contributed by atoms with Crippen molar-refractivity contribution in [2.75, 3.05) is 32.7 Å². The maximum Gasteiger partial charge on any atom is 0.271 e. The highest BCUT2D eigenvalue weighted by Crippen LogP contribution is 2.31. The maximum absolute atomic E-state index is 11.6. The second-order valence-corrected chi connectivity index (χ2v) is 7.03. The van der Waals surface area contributed by atoms with Crippen molar-refractivity contribution >= 4 is 17.2 Å². The minimum atomic E-state index is -0.516. The quantitative estimate of drug-likeness (QED) is 0.714. The number of carbonyl (C=O) groups is 1. The molecule has 1 saturated heterocycles. The molecular weight excluding hydrogens is 324 g/mol. The lowest BCUT2D eigenvalue weighted by Gasteiger charge is -2.27. The Morgan fingerprint density at radius 2 is 2.17 bits per heavy atom. The number of hydrogen-bond acceptors (Lipinski definition) is 6. The van der Waals surface area contributed by atoms with E-state index in [0.29, 0.717) is 5.76 Å². The van der Waals surface area contributed by atoms with Crippen molar-refractivity contribution in [3.05, 3.63) is 28.8 Å². The van der Waals surface area contributed by atoms with Gasteiger partial charge in [0.25, 0.3) is 5.91 Å². The van der Waals surface area contributed by atoms with Crippen LogP contribution in [0.4, 0.5) is 0 Å². The molecular formula is C17H24N4O2S. The summed E-state index contributed by atoms with van der Waals surface area (Å²) in [5, 5.41) is 9.24. The number of amides is 1. The van der Waals surface area contributed by atoms with E-state index in [4.69, 9.17) is 10.3 Å². The van der Waals surface area contributed by atoms with Gasteiger partial charge in [0.1, 0.15) is 0 Å². The molecule has 3 rings (SSSR count). The number of hydrogen-bond donors (Lipinski definition) is 2. The van der Waals surface area contributed by atoms with Crippen LogP contribution in [0, 0.1) is 0 Å². The van der Waals surface area contributed by atoms with Crippen molar-refractivity contribution in [1.29, 1.82) is 0 Å². The number of aromatic nitrogens is 1. The zero-order chi connectivity index (χ0) is 16.8. The van der Waals surface area contributed by atoms with Gasteiger partial charge in [-0.15, -0.1) is 11.3 Å². The van der Waals surface area contributed by atoms with E-state index in [-0.39, 0.29) is 5.69 Å². The molecule has 0 aliphatic carbocycles. The molecule has 3 N–H and O–H groups in total. The number of nitrogens with zero attached hydrogens (tertiary/aromatic N) is 2. The van der Waals surface area contributed by atoms with Crippen molar-refractivity contribution in [2.45, 2.75) is 25.7 Å². The van der Waals surface area contributed by atoms with Crippen LogP contribution in [0.3, 0.4) is 0 Å². The Balaban J connectivity index is 1.54. The van der Waals surface area contributed by atoms with Crippen LogP contribution < -0.4 is 11.1 Å². The monoisotopic (exact) mass is 348 g/mol. The van der Waals surface area contributed by atoms with Crippen LogP contribution in [0.25, 0.3) is 10.6 Å². The first-order valence-corrected chi connectivity index (χ1v) is 9.39. The Hall–Kier alpha value is -1.70. The highest BCUT2D eigenvalue weighted by molar-refractivity contribution is 7.13. The van der Waals surface area contributed by atoms with Gasteiger partial charge < -0.3 is 20.5 Å². The molecule has 2 aromatic heterocycles. The first-order chi connectivity index (χ1) is 11.8. The highest BCUT2D eigenvalue weighted by Gasteiger charge is 2.21. The fourth-order valence-electron chi connectivity index (χ4n) is 3.08. The average Bonchev–Trinajstić information content (AvgIpc) is 3.24. The largest absolute Gasteiger partial charge is 0.364 e. The molecule has 0 bridgehead atoms. The van der Waals surface area contributed by atoms with Crippen LogP contribution in [0.2, 0.25) is 0 Å². The zero-order valence-corrected chi connectivity index (χ0v) is 14.6. The SMILES string of the molecule is NC(=O)c1noc(-c2cccs2)c1CCCCCN1CCNCC1. The van der Waals surface area contributed by atoms with Crippen molar-refractivity contribution < 1.29 is 9.32 Å². The molecule has 1 aliphatic heterocycles. The number of nitrogens with one attached hydrogen (secondary N) is 1.